The van der Waals surface area contributed by atoms with Crippen molar-refractivity contribution >= 4 is 17.5 Å². The van der Waals surface area contributed by atoms with Gasteiger partial charge in [0.1, 0.15) is 13.2 Å². The SMILES string of the molecule is O=C(COC1CCCCC1)NCc1cccc(NC(=O)Cn2cccn2)c1. The number of carbonyl (C=O) groups excluding carboxylic acids is 2. The van der Waals surface area contributed by atoms with Gasteiger partial charge in [-0.15, -0.1) is 0 Å². The van der Waals surface area contributed by atoms with Crippen molar-refractivity contribution in [1.29, 1.82) is 0 Å². The minimum Gasteiger partial charge on any atom is -0.368 e. The average molecular weight is 370 g/mol. The molecule has 7 heteroatoms. The summed E-state index contributed by atoms with van der Waals surface area (Å²) >= 11 is 0. The predicted octanol–water partition coefficient (Wildman–Crippen LogP) is 2.49. The predicted molar refractivity (Wildman–Crippen MR) is 102 cm³/mol. The Morgan fingerprint density at radius 2 is 2.00 bits per heavy atom. The molecule has 7 nitrogen and oxygen atoms in total. The van der Waals surface area contributed by atoms with Crippen molar-refractivity contribution < 1.29 is 14.3 Å². The lowest BCUT2D eigenvalue weighted by Gasteiger charge is -2.21. The molecule has 0 atom stereocenters. The number of hydrogen-bond donors (Lipinski definition) is 2. The van der Waals surface area contributed by atoms with E-state index in [2.05, 4.69) is 15.7 Å². The van der Waals surface area contributed by atoms with Gasteiger partial charge in [0.25, 0.3) is 0 Å². The highest BCUT2D eigenvalue weighted by Gasteiger charge is 2.15. The normalized spacial score (nSPS) is 14.7. The fraction of sp³-hybridized carbons (Fsp3) is 0.450. The zero-order valence-electron chi connectivity index (χ0n) is 15.4. The summed E-state index contributed by atoms with van der Waals surface area (Å²) in [6, 6.07) is 9.20. The Hall–Kier alpha value is -2.67. The van der Waals surface area contributed by atoms with Crippen LogP contribution in [-0.2, 0) is 27.4 Å². The molecule has 1 aromatic carbocycles. The van der Waals surface area contributed by atoms with Crippen LogP contribution in [0.4, 0.5) is 5.69 Å². The molecule has 1 aliphatic rings. The van der Waals surface area contributed by atoms with E-state index in [9.17, 15) is 9.59 Å². The standard InChI is InChI=1S/C20H26N4O3/c25-19(14-24-11-5-10-22-24)23-17-7-4-6-16(12-17)13-21-20(26)15-27-18-8-2-1-3-9-18/h4-7,10-12,18H,1-3,8-9,13-15H2,(H,21,26)(H,23,25). The van der Waals surface area contributed by atoms with Gasteiger partial charge in [0.2, 0.25) is 11.8 Å². The highest BCUT2D eigenvalue weighted by atomic mass is 16.5. The lowest BCUT2D eigenvalue weighted by Crippen LogP contribution is -2.30. The Morgan fingerprint density at radius 1 is 1.15 bits per heavy atom. The first kappa shape index (κ1) is 19.1. The van der Waals surface area contributed by atoms with Crippen LogP contribution in [0.25, 0.3) is 0 Å². The Balaban J connectivity index is 1.41. The molecule has 27 heavy (non-hydrogen) atoms. The molecule has 1 heterocycles. The van der Waals surface area contributed by atoms with E-state index in [-0.39, 0.29) is 31.1 Å². The fourth-order valence-corrected chi connectivity index (χ4v) is 3.18. The highest BCUT2D eigenvalue weighted by molar-refractivity contribution is 5.90. The van der Waals surface area contributed by atoms with Gasteiger partial charge in [-0.1, -0.05) is 31.4 Å². The zero-order valence-corrected chi connectivity index (χ0v) is 15.4. The van der Waals surface area contributed by atoms with Crippen molar-refractivity contribution in [2.75, 3.05) is 11.9 Å². The molecule has 0 aliphatic heterocycles. The maximum absolute atomic E-state index is 12.0. The summed E-state index contributed by atoms with van der Waals surface area (Å²) in [5.41, 5.74) is 1.61. The fourth-order valence-electron chi connectivity index (χ4n) is 3.18. The first-order valence-electron chi connectivity index (χ1n) is 9.43. The monoisotopic (exact) mass is 370 g/mol. The van der Waals surface area contributed by atoms with Gasteiger partial charge in [0.15, 0.2) is 0 Å². The summed E-state index contributed by atoms with van der Waals surface area (Å²) in [5, 5.41) is 9.72. The lowest BCUT2D eigenvalue weighted by atomic mass is 9.98. The van der Waals surface area contributed by atoms with Gasteiger partial charge in [-0.3, -0.25) is 14.3 Å². The van der Waals surface area contributed by atoms with Gasteiger partial charge in [-0.2, -0.15) is 5.10 Å². The Kier molecular flexibility index (Phi) is 6.98. The second kappa shape index (κ2) is 9.87. The number of aromatic nitrogens is 2. The quantitative estimate of drug-likeness (QED) is 0.748. The number of amides is 2. The van der Waals surface area contributed by atoms with Gasteiger partial charge in [0, 0.05) is 24.6 Å². The number of hydrogen-bond acceptors (Lipinski definition) is 4. The third-order valence-electron chi connectivity index (χ3n) is 4.57. The topological polar surface area (TPSA) is 85.3 Å². The maximum atomic E-state index is 12.0. The molecule has 2 aromatic rings. The van der Waals surface area contributed by atoms with Crippen LogP contribution in [0.15, 0.2) is 42.7 Å². The van der Waals surface area contributed by atoms with E-state index in [1.54, 1.807) is 23.1 Å². The van der Waals surface area contributed by atoms with Crippen LogP contribution in [0, 0.1) is 0 Å². The van der Waals surface area contributed by atoms with Crippen molar-refractivity contribution in [3.8, 4) is 0 Å². The smallest absolute Gasteiger partial charge is 0.246 e. The van der Waals surface area contributed by atoms with Crippen LogP contribution < -0.4 is 10.6 Å². The molecule has 1 aliphatic carbocycles. The Labute approximate surface area is 159 Å². The zero-order chi connectivity index (χ0) is 18.9. The summed E-state index contributed by atoms with van der Waals surface area (Å²) in [4.78, 5) is 24.0. The van der Waals surface area contributed by atoms with Crippen molar-refractivity contribution in [1.82, 2.24) is 15.1 Å². The van der Waals surface area contributed by atoms with E-state index in [0.29, 0.717) is 12.2 Å². The van der Waals surface area contributed by atoms with Crippen LogP contribution in [0.5, 0.6) is 0 Å². The minimum atomic E-state index is -0.152. The largest absolute Gasteiger partial charge is 0.368 e. The molecular weight excluding hydrogens is 344 g/mol. The third kappa shape index (κ3) is 6.53. The van der Waals surface area contributed by atoms with Crippen molar-refractivity contribution in [3.05, 3.63) is 48.3 Å². The van der Waals surface area contributed by atoms with E-state index < -0.39 is 0 Å². The van der Waals surface area contributed by atoms with E-state index in [4.69, 9.17) is 4.74 Å². The molecule has 0 bridgehead atoms. The van der Waals surface area contributed by atoms with E-state index in [1.807, 2.05) is 24.3 Å². The number of ether oxygens (including phenoxy) is 1. The molecule has 2 N–H and O–H groups in total. The number of nitrogens with one attached hydrogen (secondary N) is 2. The number of carbonyl (C=O) groups is 2. The molecule has 0 saturated heterocycles. The molecule has 144 valence electrons. The Morgan fingerprint density at radius 3 is 2.78 bits per heavy atom. The Bertz CT molecular complexity index is 739. The molecule has 1 saturated carbocycles. The number of benzene rings is 1. The molecule has 0 radical (unpaired) electrons. The second-order valence-corrected chi connectivity index (χ2v) is 6.80. The summed E-state index contributed by atoms with van der Waals surface area (Å²) in [5.74, 6) is -0.269. The van der Waals surface area contributed by atoms with Gasteiger partial charge in [-0.25, -0.2) is 0 Å². The van der Waals surface area contributed by atoms with Crippen LogP contribution in [0.1, 0.15) is 37.7 Å². The van der Waals surface area contributed by atoms with Crippen LogP contribution in [-0.4, -0.2) is 34.3 Å². The molecule has 2 amide bonds. The first-order valence-corrected chi connectivity index (χ1v) is 9.43. The van der Waals surface area contributed by atoms with Gasteiger partial charge >= 0.3 is 0 Å². The van der Waals surface area contributed by atoms with Crippen molar-refractivity contribution in [2.24, 2.45) is 0 Å². The van der Waals surface area contributed by atoms with E-state index >= 15 is 0 Å². The van der Waals surface area contributed by atoms with Crippen molar-refractivity contribution in [2.45, 2.75) is 51.3 Å². The maximum Gasteiger partial charge on any atom is 0.246 e. The number of anilines is 1. The van der Waals surface area contributed by atoms with Crippen molar-refractivity contribution in [3.63, 3.8) is 0 Å². The third-order valence-corrected chi connectivity index (χ3v) is 4.57. The summed E-state index contributed by atoms with van der Waals surface area (Å²) in [6.45, 7) is 0.660. The second-order valence-electron chi connectivity index (χ2n) is 6.80. The first-order chi connectivity index (χ1) is 13.2. The molecule has 1 fully saturated rings. The van der Waals surface area contributed by atoms with Crippen LogP contribution in [0.2, 0.25) is 0 Å². The summed E-state index contributed by atoms with van der Waals surface area (Å²) < 4.78 is 7.24. The minimum absolute atomic E-state index is 0.102. The van der Waals surface area contributed by atoms with E-state index in [0.717, 1.165) is 18.4 Å². The van der Waals surface area contributed by atoms with Gasteiger partial charge in [0.05, 0.1) is 6.10 Å². The molecular formula is C20H26N4O3. The molecule has 3 rings (SSSR count). The average Bonchev–Trinajstić information content (AvgIpc) is 3.18. The van der Waals surface area contributed by atoms with Crippen LogP contribution in [0.3, 0.4) is 0 Å². The summed E-state index contributed by atoms with van der Waals surface area (Å²) in [6.07, 6.45) is 9.33. The van der Waals surface area contributed by atoms with E-state index in [1.165, 1.54) is 19.3 Å². The number of nitrogens with zero attached hydrogens (tertiary/aromatic N) is 2. The van der Waals surface area contributed by atoms with Crippen LogP contribution >= 0.6 is 0 Å². The molecule has 0 spiro atoms. The van der Waals surface area contributed by atoms with Gasteiger partial charge in [-0.05, 0) is 36.6 Å². The number of rotatable bonds is 8. The summed E-state index contributed by atoms with van der Waals surface area (Å²) in [7, 11) is 0. The lowest BCUT2D eigenvalue weighted by molar-refractivity contribution is -0.128. The molecule has 1 aromatic heterocycles. The van der Waals surface area contributed by atoms with Gasteiger partial charge < -0.3 is 15.4 Å². The molecule has 0 unspecified atom stereocenters. The highest BCUT2D eigenvalue weighted by Crippen LogP contribution is 2.20.